The van der Waals surface area contributed by atoms with Crippen molar-refractivity contribution < 1.29 is 4.79 Å². The van der Waals surface area contributed by atoms with E-state index in [4.69, 9.17) is 11.6 Å². The fourth-order valence-electron chi connectivity index (χ4n) is 2.08. The minimum Gasteiger partial charge on any atom is -0.325 e. The Hall–Kier alpha value is -2.38. The third-order valence-electron chi connectivity index (χ3n) is 3.13. The Morgan fingerprint density at radius 1 is 1.25 bits per heavy atom. The van der Waals surface area contributed by atoms with E-state index in [9.17, 15) is 4.79 Å². The molecular weight excluding hydrogens is 346 g/mol. The number of amides is 1. The van der Waals surface area contributed by atoms with Crippen LogP contribution in [0.4, 0.5) is 5.69 Å². The number of benzene rings is 2. The highest BCUT2D eigenvalue weighted by atomic mass is 35.5. The molecule has 24 heavy (non-hydrogen) atoms. The minimum atomic E-state index is -0.152. The summed E-state index contributed by atoms with van der Waals surface area (Å²) in [5, 5.41) is 15.6. The van der Waals surface area contributed by atoms with Gasteiger partial charge in [0.05, 0.1) is 11.4 Å². The molecule has 0 radical (unpaired) electrons. The summed E-state index contributed by atoms with van der Waals surface area (Å²) in [5.41, 5.74) is 2.63. The summed E-state index contributed by atoms with van der Waals surface area (Å²) in [6.45, 7) is 2.00. The molecule has 8 heteroatoms. The highest BCUT2D eigenvalue weighted by Gasteiger charge is 2.12. The van der Waals surface area contributed by atoms with Gasteiger partial charge in [-0.3, -0.25) is 4.79 Å². The third-order valence-corrected chi connectivity index (χ3v) is 4.28. The lowest BCUT2D eigenvalue weighted by Crippen LogP contribution is -2.14. The van der Waals surface area contributed by atoms with Gasteiger partial charge in [0.2, 0.25) is 11.1 Å². The standard InChI is InChI=1S/C16H14ClN5OS/c1-11-4-2-7-14(8-11)22-16(19-20-21-22)24-10-15(23)18-13-6-3-5-12(17)9-13/h2-9H,10H2,1H3,(H,18,23). The van der Waals surface area contributed by atoms with Crippen molar-refractivity contribution >= 4 is 35.0 Å². The van der Waals surface area contributed by atoms with Crippen molar-refractivity contribution in [3.8, 4) is 5.69 Å². The number of tetrazole rings is 1. The van der Waals surface area contributed by atoms with Crippen LogP contribution in [0, 0.1) is 6.92 Å². The van der Waals surface area contributed by atoms with E-state index in [1.807, 2.05) is 31.2 Å². The number of aryl methyl sites for hydroxylation is 1. The van der Waals surface area contributed by atoms with E-state index in [2.05, 4.69) is 20.8 Å². The number of thioether (sulfide) groups is 1. The topological polar surface area (TPSA) is 72.7 Å². The summed E-state index contributed by atoms with van der Waals surface area (Å²) < 4.78 is 1.62. The van der Waals surface area contributed by atoms with Crippen LogP contribution >= 0.6 is 23.4 Å². The van der Waals surface area contributed by atoms with Crippen LogP contribution in [-0.4, -0.2) is 31.9 Å². The van der Waals surface area contributed by atoms with Crippen molar-refractivity contribution in [1.82, 2.24) is 20.2 Å². The number of hydrogen-bond acceptors (Lipinski definition) is 5. The van der Waals surface area contributed by atoms with Crippen LogP contribution in [0.15, 0.2) is 53.7 Å². The molecule has 3 aromatic rings. The quantitative estimate of drug-likeness (QED) is 0.707. The zero-order valence-electron chi connectivity index (χ0n) is 12.8. The largest absolute Gasteiger partial charge is 0.325 e. The van der Waals surface area contributed by atoms with E-state index in [0.29, 0.717) is 15.9 Å². The maximum atomic E-state index is 12.1. The zero-order valence-corrected chi connectivity index (χ0v) is 14.4. The molecule has 3 rings (SSSR count). The second-order valence-corrected chi connectivity index (χ2v) is 6.44. The minimum absolute atomic E-state index is 0.152. The summed E-state index contributed by atoms with van der Waals surface area (Å²) in [6, 6.07) is 14.8. The number of aromatic nitrogens is 4. The van der Waals surface area contributed by atoms with Crippen LogP contribution in [0.2, 0.25) is 5.02 Å². The summed E-state index contributed by atoms with van der Waals surface area (Å²) in [7, 11) is 0. The van der Waals surface area contributed by atoms with Gasteiger partial charge in [-0.1, -0.05) is 41.6 Å². The Morgan fingerprint density at radius 3 is 2.88 bits per heavy atom. The van der Waals surface area contributed by atoms with Crippen LogP contribution in [0.25, 0.3) is 5.69 Å². The molecule has 2 aromatic carbocycles. The van der Waals surface area contributed by atoms with Gasteiger partial charge < -0.3 is 5.32 Å². The average Bonchev–Trinajstić information content (AvgIpc) is 3.01. The molecule has 0 spiro atoms. The van der Waals surface area contributed by atoms with Crippen molar-refractivity contribution in [2.24, 2.45) is 0 Å². The number of hydrogen-bond donors (Lipinski definition) is 1. The van der Waals surface area contributed by atoms with Gasteiger partial charge in [0.25, 0.3) is 0 Å². The van der Waals surface area contributed by atoms with Crippen molar-refractivity contribution in [1.29, 1.82) is 0 Å². The normalized spacial score (nSPS) is 10.6. The first-order valence-electron chi connectivity index (χ1n) is 7.15. The lowest BCUT2D eigenvalue weighted by Gasteiger charge is -2.06. The first-order chi connectivity index (χ1) is 11.6. The highest BCUT2D eigenvalue weighted by molar-refractivity contribution is 7.99. The monoisotopic (exact) mass is 359 g/mol. The van der Waals surface area contributed by atoms with E-state index in [1.54, 1.807) is 28.9 Å². The Kier molecular flexibility index (Phi) is 5.12. The van der Waals surface area contributed by atoms with Gasteiger partial charge >= 0.3 is 0 Å². The maximum absolute atomic E-state index is 12.1. The average molecular weight is 360 g/mol. The van der Waals surface area contributed by atoms with Crippen LogP contribution in [-0.2, 0) is 4.79 Å². The molecule has 1 amide bonds. The van der Waals surface area contributed by atoms with Crippen molar-refractivity contribution in [3.05, 3.63) is 59.1 Å². The molecule has 0 aliphatic rings. The third kappa shape index (κ3) is 4.12. The highest BCUT2D eigenvalue weighted by Crippen LogP contribution is 2.20. The van der Waals surface area contributed by atoms with Gasteiger partial charge in [-0.25, -0.2) is 0 Å². The second-order valence-electron chi connectivity index (χ2n) is 5.06. The number of nitrogens with zero attached hydrogens (tertiary/aromatic N) is 4. The Bertz CT molecular complexity index is 867. The van der Waals surface area contributed by atoms with Gasteiger partial charge in [0.1, 0.15) is 0 Å². The SMILES string of the molecule is Cc1cccc(-n2nnnc2SCC(=O)Nc2cccc(Cl)c2)c1. The molecule has 1 heterocycles. The lowest BCUT2D eigenvalue weighted by atomic mass is 10.2. The van der Waals surface area contributed by atoms with Gasteiger partial charge in [-0.05, 0) is 53.2 Å². The predicted molar refractivity (Wildman–Crippen MR) is 94.7 cm³/mol. The molecule has 1 aromatic heterocycles. The number of anilines is 1. The summed E-state index contributed by atoms with van der Waals surface area (Å²) in [6.07, 6.45) is 0. The van der Waals surface area contributed by atoms with Crippen LogP contribution < -0.4 is 5.32 Å². The number of rotatable bonds is 5. The zero-order chi connectivity index (χ0) is 16.9. The van der Waals surface area contributed by atoms with Crippen LogP contribution in [0.5, 0.6) is 0 Å². The van der Waals surface area contributed by atoms with Crippen molar-refractivity contribution in [2.45, 2.75) is 12.1 Å². The molecule has 0 unspecified atom stereocenters. The molecule has 0 bridgehead atoms. The molecule has 0 atom stereocenters. The fraction of sp³-hybridized carbons (Fsp3) is 0.125. The molecule has 0 aliphatic carbocycles. The molecule has 0 fully saturated rings. The van der Waals surface area contributed by atoms with Crippen LogP contribution in [0.3, 0.4) is 0 Å². The number of nitrogens with one attached hydrogen (secondary N) is 1. The lowest BCUT2D eigenvalue weighted by molar-refractivity contribution is -0.113. The van der Waals surface area contributed by atoms with E-state index < -0.39 is 0 Å². The van der Waals surface area contributed by atoms with E-state index in [-0.39, 0.29) is 11.7 Å². The first-order valence-corrected chi connectivity index (χ1v) is 8.52. The van der Waals surface area contributed by atoms with Gasteiger partial charge in [-0.15, -0.1) is 5.10 Å². The Morgan fingerprint density at radius 2 is 2.08 bits per heavy atom. The van der Waals surface area contributed by atoms with E-state index >= 15 is 0 Å². The van der Waals surface area contributed by atoms with Gasteiger partial charge in [-0.2, -0.15) is 4.68 Å². The van der Waals surface area contributed by atoms with E-state index in [0.717, 1.165) is 11.3 Å². The van der Waals surface area contributed by atoms with Crippen LogP contribution in [0.1, 0.15) is 5.56 Å². The number of halogens is 1. The molecule has 0 aliphatic heterocycles. The summed E-state index contributed by atoms with van der Waals surface area (Å²) >= 11 is 7.17. The van der Waals surface area contributed by atoms with Crippen molar-refractivity contribution in [3.63, 3.8) is 0 Å². The van der Waals surface area contributed by atoms with Crippen molar-refractivity contribution in [2.75, 3.05) is 11.1 Å². The molecule has 0 saturated carbocycles. The summed E-state index contributed by atoms with van der Waals surface area (Å²) in [4.78, 5) is 12.1. The second kappa shape index (κ2) is 7.46. The molecular formula is C16H14ClN5OS. The van der Waals surface area contributed by atoms with Gasteiger partial charge in [0.15, 0.2) is 0 Å². The molecule has 6 nitrogen and oxygen atoms in total. The smallest absolute Gasteiger partial charge is 0.234 e. The molecule has 1 N–H and O–H groups in total. The molecule has 122 valence electrons. The Balaban J connectivity index is 1.65. The Labute approximate surface area is 148 Å². The predicted octanol–water partition coefficient (Wildman–Crippen LogP) is 3.35. The molecule has 0 saturated heterocycles. The number of carbonyl (C=O) groups excluding carboxylic acids is 1. The van der Waals surface area contributed by atoms with Gasteiger partial charge in [0, 0.05) is 10.7 Å². The number of carbonyl (C=O) groups is 1. The first kappa shape index (κ1) is 16.5. The van der Waals surface area contributed by atoms with E-state index in [1.165, 1.54) is 11.8 Å². The summed E-state index contributed by atoms with van der Waals surface area (Å²) in [5.74, 6) is 0.0414. The fourth-order valence-corrected chi connectivity index (χ4v) is 2.97. The maximum Gasteiger partial charge on any atom is 0.234 e.